The van der Waals surface area contributed by atoms with Crippen LogP contribution in [0.2, 0.25) is 0 Å². The van der Waals surface area contributed by atoms with E-state index in [1.807, 2.05) is 11.8 Å². The van der Waals surface area contributed by atoms with Gasteiger partial charge >= 0.3 is 0 Å². The van der Waals surface area contributed by atoms with Gasteiger partial charge in [0.25, 0.3) is 0 Å². The molecule has 98 valence electrons. The van der Waals surface area contributed by atoms with Crippen LogP contribution in [0, 0.1) is 0 Å². The molecule has 3 heteroatoms. The molecular weight excluding hydrogens is 242 g/mol. The fourth-order valence-corrected chi connectivity index (χ4v) is 3.99. The summed E-state index contributed by atoms with van der Waals surface area (Å²) in [7, 11) is 0. The summed E-state index contributed by atoms with van der Waals surface area (Å²) >= 11 is 1.97. The maximum atomic E-state index is 5.85. The maximum Gasteiger partial charge on any atom is 0.0730 e. The molecule has 3 rings (SSSR count). The summed E-state index contributed by atoms with van der Waals surface area (Å²) in [6.45, 7) is 3.25. The number of nitrogens with zero attached hydrogens (tertiary/aromatic N) is 1. The van der Waals surface area contributed by atoms with E-state index in [1.54, 1.807) is 0 Å². The molecule has 1 aromatic carbocycles. The van der Waals surface area contributed by atoms with Gasteiger partial charge in [0.2, 0.25) is 0 Å². The zero-order valence-corrected chi connectivity index (χ0v) is 11.6. The van der Waals surface area contributed by atoms with E-state index in [2.05, 4.69) is 35.2 Å². The lowest BCUT2D eigenvalue weighted by molar-refractivity contribution is -0.0530. The SMILES string of the molecule is c1ccc(SCCN2CCOC3CCCC32)cc1. The van der Waals surface area contributed by atoms with E-state index in [1.165, 1.54) is 36.5 Å². The molecule has 1 saturated carbocycles. The Kier molecular flexibility index (Phi) is 4.24. The minimum Gasteiger partial charge on any atom is -0.375 e. The molecule has 2 fully saturated rings. The van der Waals surface area contributed by atoms with Crippen LogP contribution in [0.25, 0.3) is 0 Å². The summed E-state index contributed by atoms with van der Waals surface area (Å²) in [6.07, 6.45) is 4.48. The second-order valence-corrected chi connectivity index (χ2v) is 6.27. The van der Waals surface area contributed by atoms with Crippen molar-refractivity contribution in [1.29, 1.82) is 0 Å². The van der Waals surface area contributed by atoms with E-state index in [9.17, 15) is 0 Å². The number of hydrogen-bond donors (Lipinski definition) is 0. The first-order valence-electron chi connectivity index (χ1n) is 6.97. The average molecular weight is 263 g/mol. The zero-order valence-electron chi connectivity index (χ0n) is 10.8. The molecule has 2 nitrogen and oxygen atoms in total. The van der Waals surface area contributed by atoms with Crippen molar-refractivity contribution >= 4 is 11.8 Å². The largest absolute Gasteiger partial charge is 0.375 e. The van der Waals surface area contributed by atoms with Crippen LogP contribution in [0.5, 0.6) is 0 Å². The quantitative estimate of drug-likeness (QED) is 0.775. The van der Waals surface area contributed by atoms with Gasteiger partial charge in [0, 0.05) is 29.8 Å². The first kappa shape index (κ1) is 12.5. The number of hydrogen-bond acceptors (Lipinski definition) is 3. The van der Waals surface area contributed by atoms with Gasteiger partial charge in [-0.3, -0.25) is 4.90 Å². The molecule has 18 heavy (non-hydrogen) atoms. The van der Waals surface area contributed by atoms with Gasteiger partial charge < -0.3 is 4.74 Å². The van der Waals surface area contributed by atoms with Gasteiger partial charge in [0.05, 0.1) is 12.7 Å². The number of thioether (sulfide) groups is 1. The molecule has 2 atom stereocenters. The predicted octanol–water partition coefficient (Wildman–Crippen LogP) is 3.03. The van der Waals surface area contributed by atoms with Crippen molar-refractivity contribution in [3.63, 3.8) is 0 Å². The molecule has 2 aliphatic rings. The number of rotatable bonds is 4. The second-order valence-electron chi connectivity index (χ2n) is 5.10. The van der Waals surface area contributed by atoms with Crippen molar-refractivity contribution in [2.45, 2.75) is 36.3 Å². The van der Waals surface area contributed by atoms with Crippen LogP contribution in [0.1, 0.15) is 19.3 Å². The molecule has 0 amide bonds. The van der Waals surface area contributed by atoms with Gasteiger partial charge in [-0.1, -0.05) is 18.2 Å². The van der Waals surface area contributed by atoms with E-state index in [-0.39, 0.29) is 0 Å². The van der Waals surface area contributed by atoms with Crippen LogP contribution >= 0.6 is 11.8 Å². The lowest BCUT2D eigenvalue weighted by Crippen LogP contribution is -2.49. The van der Waals surface area contributed by atoms with Crippen LogP contribution in [0.4, 0.5) is 0 Å². The summed E-state index contributed by atoms with van der Waals surface area (Å²) < 4.78 is 5.85. The average Bonchev–Trinajstić information content (AvgIpc) is 2.89. The lowest BCUT2D eigenvalue weighted by Gasteiger charge is -2.37. The summed E-state index contributed by atoms with van der Waals surface area (Å²) in [6, 6.07) is 11.4. The third-order valence-electron chi connectivity index (χ3n) is 3.99. The van der Waals surface area contributed by atoms with Crippen molar-refractivity contribution in [2.24, 2.45) is 0 Å². The highest BCUT2D eigenvalue weighted by atomic mass is 32.2. The Balaban J connectivity index is 1.48. The van der Waals surface area contributed by atoms with Crippen molar-refractivity contribution in [3.8, 4) is 0 Å². The number of fused-ring (bicyclic) bond motifs is 1. The normalized spacial score (nSPS) is 28.2. The molecule has 0 spiro atoms. The van der Waals surface area contributed by atoms with E-state index in [0.717, 1.165) is 13.2 Å². The van der Waals surface area contributed by atoms with Gasteiger partial charge in [-0.15, -0.1) is 11.8 Å². The van der Waals surface area contributed by atoms with Crippen LogP contribution in [0.15, 0.2) is 35.2 Å². The smallest absolute Gasteiger partial charge is 0.0730 e. The summed E-state index contributed by atoms with van der Waals surface area (Å²) in [5, 5.41) is 0. The minimum absolute atomic E-state index is 0.528. The van der Waals surface area contributed by atoms with Gasteiger partial charge in [-0.25, -0.2) is 0 Å². The van der Waals surface area contributed by atoms with Crippen molar-refractivity contribution in [2.75, 3.05) is 25.4 Å². The van der Waals surface area contributed by atoms with Crippen LogP contribution in [-0.2, 0) is 4.74 Å². The van der Waals surface area contributed by atoms with Gasteiger partial charge in [0.1, 0.15) is 0 Å². The number of benzene rings is 1. The Morgan fingerprint density at radius 1 is 1.22 bits per heavy atom. The Bertz CT molecular complexity index is 370. The number of morpholine rings is 1. The molecule has 0 radical (unpaired) electrons. The molecule has 2 unspecified atom stereocenters. The predicted molar refractivity (Wildman–Crippen MR) is 76.1 cm³/mol. The topological polar surface area (TPSA) is 12.5 Å². The zero-order chi connectivity index (χ0) is 12.2. The Hall–Kier alpha value is -0.510. The molecule has 1 aliphatic carbocycles. The minimum atomic E-state index is 0.528. The molecule has 1 saturated heterocycles. The molecule has 1 heterocycles. The highest BCUT2D eigenvalue weighted by molar-refractivity contribution is 7.99. The second kappa shape index (κ2) is 6.09. The van der Waals surface area contributed by atoms with Gasteiger partial charge in [0.15, 0.2) is 0 Å². The van der Waals surface area contributed by atoms with Crippen molar-refractivity contribution < 1.29 is 4.74 Å². The lowest BCUT2D eigenvalue weighted by atomic mass is 10.1. The third kappa shape index (κ3) is 2.90. The van der Waals surface area contributed by atoms with Crippen molar-refractivity contribution in [1.82, 2.24) is 4.90 Å². The Morgan fingerprint density at radius 3 is 3.00 bits per heavy atom. The standard InChI is InChI=1S/C15H21NOS/c1-2-5-13(6-3-1)18-12-10-16-9-11-17-15-8-4-7-14(15)16/h1-3,5-6,14-15H,4,7-12H2. The molecule has 1 aliphatic heterocycles. The van der Waals surface area contributed by atoms with Crippen LogP contribution in [-0.4, -0.2) is 42.5 Å². The number of ether oxygens (including phenoxy) is 1. The monoisotopic (exact) mass is 263 g/mol. The van der Waals surface area contributed by atoms with Crippen LogP contribution < -0.4 is 0 Å². The summed E-state index contributed by atoms with van der Waals surface area (Å²) in [5.41, 5.74) is 0. The fourth-order valence-electron chi connectivity index (χ4n) is 3.08. The summed E-state index contributed by atoms with van der Waals surface area (Å²) in [4.78, 5) is 4.03. The summed E-state index contributed by atoms with van der Waals surface area (Å²) in [5.74, 6) is 1.19. The molecule has 0 bridgehead atoms. The highest BCUT2D eigenvalue weighted by Crippen LogP contribution is 2.30. The van der Waals surface area contributed by atoms with Crippen LogP contribution in [0.3, 0.4) is 0 Å². The first-order chi connectivity index (χ1) is 8.93. The fraction of sp³-hybridized carbons (Fsp3) is 0.600. The van der Waals surface area contributed by atoms with E-state index < -0.39 is 0 Å². The maximum absolute atomic E-state index is 5.85. The van der Waals surface area contributed by atoms with Gasteiger partial charge in [-0.05, 0) is 31.4 Å². The van der Waals surface area contributed by atoms with Crippen molar-refractivity contribution in [3.05, 3.63) is 30.3 Å². The van der Waals surface area contributed by atoms with E-state index in [0.29, 0.717) is 12.1 Å². The molecule has 0 N–H and O–H groups in total. The first-order valence-corrected chi connectivity index (χ1v) is 7.95. The Labute approximate surface area is 114 Å². The van der Waals surface area contributed by atoms with Gasteiger partial charge in [-0.2, -0.15) is 0 Å². The molecular formula is C15H21NOS. The van der Waals surface area contributed by atoms with E-state index in [4.69, 9.17) is 4.74 Å². The molecule has 1 aromatic rings. The Morgan fingerprint density at radius 2 is 2.11 bits per heavy atom. The molecule has 0 aromatic heterocycles. The highest BCUT2D eigenvalue weighted by Gasteiger charge is 2.35. The van der Waals surface area contributed by atoms with E-state index >= 15 is 0 Å². The third-order valence-corrected chi connectivity index (χ3v) is 4.98.